The molecule has 0 spiro atoms. The van der Waals surface area contributed by atoms with E-state index in [1.165, 1.54) is 13.2 Å². The Hall–Kier alpha value is -4.45. The van der Waals surface area contributed by atoms with E-state index in [1.807, 2.05) is 59.0 Å². The molecule has 1 amide bonds. The molecule has 0 atom stereocenters. The average molecular weight is 661 g/mol. The highest BCUT2D eigenvalue weighted by atomic mass is 32.2. The SMILES string of the molecule is CCc1cc(-c2ccc(S(=O)(=O)Nc3ccccc3C)nc2OC)cc2cnc(NC3CCC(N(C)C(=O)OC(C)(C)C)CC3)nc12. The van der Waals surface area contributed by atoms with Crippen molar-refractivity contribution in [2.45, 2.75) is 89.4 Å². The fourth-order valence-electron chi connectivity index (χ4n) is 5.82. The number of para-hydroxylation sites is 1. The van der Waals surface area contributed by atoms with Gasteiger partial charge in [0, 0.05) is 36.3 Å². The minimum Gasteiger partial charge on any atom is -0.481 e. The number of amides is 1. The summed E-state index contributed by atoms with van der Waals surface area (Å²) >= 11 is 0. The smallest absolute Gasteiger partial charge is 0.410 e. The van der Waals surface area contributed by atoms with Crippen LogP contribution in [0.1, 0.15) is 64.5 Å². The number of nitrogens with zero attached hydrogens (tertiary/aromatic N) is 4. The molecule has 0 radical (unpaired) electrons. The molecule has 47 heavy (non-hydrogen) atoms. The highest BCUT2D eigenvalue weighted by Crippen LogP contribution is 2.34. The van der Waals surface area contributed by atoms with Gasteiger partial charge in [0.25, 0.3) is 10.0 Å². The lowest BCUT2D eigenvalue weighted by atomic mass is 9.90. The van der Waals surface area contributed by atoms with Crippen molar-refractivity contribution >= 4 is 38.7 Å². The Balaban J connectivity index is 1.32. The zero-order chi connectivity index (χ0) is 33.9. The van der Waals surface area contributed by atoms with Gasteiger partial charge in [-0.25, -0.2) is 14.8 Å². The number of ether oxygens (including phenoxy) is 2. The molecule has 4 aromatic rings. The molecular formula is C35H44N6O5S. The highest BCUT2D eigenvalue weighted by molar-refractivity contribution is 7.92. The fourth-order valence-corrected chi connectivity index (χ4v) is 6.89. The third kappa shape index (κ3) is 7.93. The van der Waals surface area contributed by atoms with Crippen LogP contribution in [0.2, 0.25) is 0 Å². The second-order valence-electron chi connectivity index (χ2n) is 13.0. The Morgan fingerprint density at radius 1 is 1.04 bits per heavy atom. The molecule has 1 saturated carbocycles. The molecule has 2 heterocycles. The maximum absolute atomic E-state index is 13.2. The number of anilines is 2. The number of sulfonamides is 1. The van der Waals surface area contributed by atoms with Gasteiger partial charge in [0.15, 0.2) is 5.03 Å². The van der Waals surface area contributed by atoms with E-state index in [0.29, 0.717) is 17.2 Å². The summed E-state index contributed by atoms with van der Waals surface area (Å²) in [6, 6.07) is 14.7. The molecule has 5 rings (SSSR count). The third-order valence-corrected chi connectivity index (χ3v) is 9.67. The molecule has 0 aliphatic heterocycles. The summed E-state index contributed by atoms with van der Waals surface area (Å²) in [6.45, 7) is 9.53. The number of hydrogen-bond donors (Lipinski definition) is 2. The molecule has 1 aliphatic rings. The molecule has 1 aliphatic carbocycles. The van der Waals surface area contributed by atoms with Crippen LogP contribution in [0, 0.1) is 6.92 Å². The number of pyridine rings is 1. The van der Waals surface area contributed by atoms with Crippen molar-refractivity contribution in [3.63, 3.8) is 0 Å². The molecule has 2 N–H and O–H groups in total. The average Bonchev–Trinajstić information content (AvgIpc) is 3.04. The summed E-state index contributed by atoms with van der Waals surface area (Å²) < 4.78 is 40.1. The number of methoxy groups -OCH3 is 1. The monoisotopic (exact) mass is 660 g/mol. The van der Waals surface area contributed by atoms with Crippen molar-refractivity contribution in [2.24, 2.45) is 0 Å². The second-order valence-corrected chi connectivity index (χ2v) is 14.6. The minimum absolute atomic E-state index is 0.135. The van der Waals surface area contributed by atoms with E-state index in [4.69, 9.17) is 14.5 Å². The van der Waals surface area contributed by atoms with Crippen molar-refractivity contribution in [1.82, 2.24) is 19.9 Å². The van der Waals surface area contributed by atoms with Crippen LogP contribution in [0.4, 0.5) is 16.4 Å². The lowest BCUT2D eigenvalue weighted by Gasteiger charge is -2.35. The van der Waals surface area contributed by atoms with Crippen LogP contribution in [0.5, 0.6) is 5.88 Å². The van der Waals surface area contributed by atoms with E-state index in [0.717, 1.165) is 59.7 Å². The molecule has 12 heteroatoms. The van der Waals surface area contributed by atoms with Gasteiger partial charge in [-0.3, -0.25) is 4.72 Å². The maximum atomic E-state index is 13.2. The quantitative estimate of drug-likeness (QED) is 0.195. The zero-order valence-electron chi connectivity index (χ0n) is 28.1. The van der Waals surface area contributed by atoms with Crippen LogP contribution in [-0.2, 0) is 21.2 Å². The first kappa shape index (κ1) is 33.9. The van der Waals surface area contributed by atoms with Gasteiger partial charge in [-0.2, -0.15) is 13.4 Å². The van der Waals surface area contributed by atoms with Crippen LogP contribution in [0.25, 0.3) is 22.0 Å². The van der Waals surface area contributed by atoms with Crippen molar-refractivity contribution in [3.05, 3.63) is 65.9 Å². The largest absolute Gasteiger partial charge is 0.481 e. The molecule has 250 valence electrons. The highest BCUT2D eigenvalue weighted by Gasteiger charge is 2.30. The summed E-state index contributed by atoms with van der Waals surface area (Å²) in [5.41, 5.74) is 4.13. The Kier molecular flexibility index (Phi) is 9.90. The van der Waals surface area contributed by atoms with E-state index < -0.39 is 15.6 Å². The van der Waals surface area contributed by atoms with E-state index in [2.05, 4.69) is 26.9 Å². The normalized spacial score (nSPS) is 16.8. The molecule has 1 fully saturated rings. The Labute approximate surface area is 277 Å². The summed E-state index contributed by atoms with van der Waals surface area (Å²) in [5, 5.41) is 4.22. The van der Waals surface area contributed by atoms with Gasteiger partial charge in [0.1, 0.15) is 5.60 Å². The molecule has 2 aromatic heterocycles. The van der Waals surface area contributed by atoms with Gasteiger partial charge in [-0.05, 0) is 107 Å². The molecule has 0 unspecified atom stereocenters. The standard InChI is InChI=1S/C35H44N6O5S/c1-8-23-19-24(28-17-18-30(38-32(28)45-7)47(43,44)40-29-12-10-9-11-22(29)2)20-25-21-36-33(39-31(23)25)37-26-13-15-27(16-14-26)41(6)34(42)46-35(3,4)5/h9-12,17-21,26-27,40H,8,13-16H2,1-7H3,(H,36,37,39). The summed E-state index contributed by atoms with van der Waals surface area (Å²) in [5.74, 6) is 0.769. The Morgan fingerprint density at radius 3 is 2.43 bits per heavy atom. The Bertz CT molecular complexity index is 1870. The number of fused-ring (bicyclic) bond motifs is 1. The number of carbonyl (C=O) groups is 1. The van der Waals surface area contributed by atoms with Crippen LogP contribution < -0.4 is 14.8 Å². The van der Waals surface area contributed by atoms with E-state index in [-0.39, 0.29) is 29.1 Å². The second kappa shape index (κ2) is 13.7. The van der Waals surface area contributed by atoms with Gasteiger partial charge in [0.2, 0.25) is 11.8 Å². The minimum atomic E-state index is -3.94. The number of nitrogens with one attached hydrogen (secondary N) is 2. The first-order valence-corrected chi connectivity index (χ1v) is 17.4. The predicted molar refractivity (Wildman–Crippen MR) is 184 cm³/mol. The maximum Gasteiger partial charge on any atom is 0.410 e. The molecule has 11 nitrogen and oxygen atoms in total. The summed E-state index contributed by atoms with van der Waals surface area (Å²) in [6.07, 6.45) is 5.74. The van der Waals surface area contributed by atoms with E-state index in [1.54, 1.807) is 29.3 Å². The van der Waals surface area contributed by atoms with Gasteiger partial charge >= 0.3 is 6.09 Å². The van der Waals surface area contributed by atoms with Crippen LogP contribution >= 0.6 is 0 Å². The summed E-state index contributed by atoms with van der Waals surface area (Å²) in [4.78, 5) is 28.1. The van der Waals surface area contributed by atoms with Crippen molar-refractivity contribution in [3.8, 4) is 17.0 Å². The van der Waals surface area contributed by atoms with Crippen LogP contribution in [0.3, 0.4) is 0 Å². The molecule has 0 bridgehead atoms. The van der Waals surface area contributed by atoms with Gasteiger partial charge in [-0.15, -0.1) is 0 Å². The van der Waals surface area contributed by atoms with Crippen molar-refractivity contribution in [1.29, 1.82) is 0 Å². The van der Waals surface area contributed by atoms with E-state index >= 15 is 0 Å². The number of carbonyl (C=O) groups excluding carboxylic acids is 1. The van der Waals surface area contributed by atoms with Crippen LogP contribution in [-0.4, -0.2) is 66.2 Å². The van der Waals surface area contributed by atoms with Crippen molar-refractivity contribution in [2.75, 3.05) is 24.2 Å². The number of aromatic nitrogens is 3. The van der Waals surface area contributed by atoms with Gasteiger partial charge in [-0.1, -0.05) is 25.1 Å². The molecular weight excluding hydrogens is 616 g/mol. The first-order chi connectivity index (χ1) is 22.3. The Morgan fingerprint density at radius 2 is 1.77 bits per heavy atom. The van der Waals surface area contributed by atoms with Gasteiger partial charge < -0.3 is 19.7 Å². The lowest BCUT2D eigenvalue weighted by Crippen LogP contribution is -2.43. The number of hydrogen-bond acceptors (Lipinski definition) is 9. The number of aryl methyl sites for hydroxylation is 2. The summed E-state index contributed by atoms with van der Waals surface area (Å²) in [7, 11) is -0.655. The predicted octanol–water partition coefficient (Wildman–Crippen LogP) is 6.96. The van der Waals surface area contributed by atoms with Crippen LogP contribution in [0.15, 0.2) is 59.8 Å². The number of benzene rings is 2. The first-order valence-electron chi connectivity index (χ1n) is 15.9. The number of rotatable bonds is 9. The topological polar surface area (TPSA) is 136 Å². The molecule has 0 saturated heterocycles. The molecule has 2 aromatic carbocycles. The fraction of sp³-hybridized carbons (Fsp3) is 0.429. The third-order valence-electron chi connectivity index (χ3n) is 8.41. The zero-order valence-corrected chi connectivity index (χ0v) is 28.9. The lowest BCUT2D eigenvalue weighted by molar-refractivity contribution is 0.0185. The van der Waals surface area contributed by atoms with E-state index in [9.17, 15) is 13.2 Å². The van der Waals surface area contributed by atoms with Gasteiger partial charge in [0.05, 0.1) is 18.3 Å². The van der Waals surface area contributed by atoms with Crippen molar-refractivity contribution < 1.29 is 22.7 Å².